The Morgan fingerprint density at radius 2 is 2.06 bits per heavy atom. The summed E-state index contributed by atoms with van der Waals surface area (Å²) in [5, 5.41) is 7.18. The molecule has 0 aliphatic carbocycles. The topological polar surface area (TPSA) is 59.6 Å². The lowest BCUT2D eigenvalue weighted by molar-refractivity contribution is 0.160. The van der Waals surface area contributed by atoms with Gasteiger partial charge in [0.1, 0.15) is 5.75 Å². The Balaban J connectivity index is 2.03. The molecule has 5 nitrogen and oxygen atoms in total. The van der Waals surface area contributed by atoms with E-state index < -0.39 is 6.09 Å². The Hall–Kier alpha value is -2.40. The quantitative estimate of drug-likeness (QED) is 0.456. The number of unbranched alkanes of at least 4 members (excludes halogenated alkanes) is 1. The normalized spacial score (nSPS) is 16.8. The van der Waals surface area contributed by atoms with Gasteiger partial charge in [-0.25, -0.2) is 4.79 Å². The summed E-state index contributed by atoms with van der Waals surface area (Å²) in [6, 6.07) is 7.73. The molecule has 0 aromatic heterocycles. The highest BCUT2D eigenvalue weighted by Crippen LogP contribution is 2.49. The van der Waals surface area contributed by atoms with E-state index in [9.17, 15) is 4.79 Å². The van der Waals surface area contributed by atoms with Gasteiger partial charge in [0, 0.05) is 22.4 Å². The first-order valence-corrected chi connectivity index (χ1v) is 11.3. The van der Waals surface area contributed by atoms with Crippen molar-refractivity contribution in [2.75, 3.05) is 24.4 Å². The van der Waals surface area contributed by atoms with Crippen LogP contribution in [0.1, 0.15) is 64.0 Å². The fourth-order valence-corrected chi connectivity index (χ4v) is 4.86. The van der Waals surface area contributed by atoms with Gasteiger partial charge in [-0.3, -0.25) is 5.32 Å². The van der Waals surface area contributed by atoms with Crippen LogP contribution in [0.4, 0.5) is 16.2 Å². The minimum atomic E-state index is -0.489. The average molecular weight is 445 g/mol. The molecule has 1 amide bonds. The molecular weight excluding hydrogens is 412 g/mol. The molecule has 1 atom stereocenters. The third-order valence-electron chi connectivity index (χ3n) is 5.75. The number of fused-ring (bicyclic) bond motifs is 1. The van der Waals surface area contributed by atoms with Gasteiger partial charge in [-0.15, -0.1) is 0 Å². The standard InChI is InChI=1S/C25H33ClN2O3/c1-7-8-12-31-24(29)27-19-11-9-10-17(23(19)30-6)18-13-15(2)22-20(21(18)26)16(3)14-25(4,5)28-22/h9-11,13,16,28H,7-8,12,14H2,1-6H3,(H,27,29). The number of aryl methyl sites for hydroxylation is 1. The number of halogens is 1. The first-order valence-electron chi connectivity index (χ1n) is 10.9. The van der Waals surface area contributed by atoms with Crippen LogP contribution in [0, 0.1) is 6.92 Å². The van der Waals surface area contributed by atoms with Crippen molar-refractivity contribution in [2.45, 2.75) is 65.3 Å². The number of methoxy groups -OCH3 is 1. The number of rotatable bonds is 6. The van der Waals surface area contributed by atoms with Crippen LogP contribution in [-0.4, -0.2) is 25.3 Å². The van der Waals surface area contributed by atoms with Crippen molar-refractivity contribution >= 4 is 29.1 Å². The van der Waals surface area contributed by atoms with E-state index in [4.69, 9.17) is 21.1 Å². The highest BCUT2D eigenvalue weighted by atomic mass is 35.5. The van der Waals surface area contributed by atoms with Gasteiger partial charge in [-0.2, -0.15) is 0 Å². The Morgan fingerprint density at radius 1 is 1.32 bits per heavy atom. The van der Waals surface area contributed by atoms with Gasteiger partial charge < -0.3 is 14.8 Å². The number of benzene rings is 2. The summed E-state index contributed by atoms with van der Waals surface area (Å²) in [6.07, 6.45) is 2.30. The molecule has 1 unspecified atom stereocenters. The minimum absolute atomic E-state index is 0.0156. The number of amides is 1. The van der Waals surface area contributed by atoms with Crippen molar-refractivity contribution in [1.29, 1.82) is 0 Å². The fraction of sp³-hybridized carbons (Fsp3) is 0.480. The van der Waals surface area contributed by atoms with Crippen molar-refractivity contribution in [3.63, 3.8) is 0 Å². The van der Waals surface area contributed by atoms with E-state index in [2.05, 4.69) is 51.3 Å². The number of carbonyl (C=O) groups excluding carboxylic acids is 1. The van der Waals surface area contributed by atoms with Gasteiger partial charge in [0.15, 0.2) is 0 Å². The predicted octanol–water partition coefficient (Wildman–Crippen LogP) is 7.37. The highest BCUT2D eigenvalue weighted by Gasteiger charge is 2.33. The summed E-state index contributed by atoms with van der Waals surface area (Å²) in [5.41, 5.74) is 5.68. The van der Waals surface area contributed by atoms with E-state index in [-0.39, 0.29) is 5.54 Å². The zero-order valence-corrected chi connectivity index (χ0v) is 20.1. The number of ether oxygens (including phenoxy) is 2. The smallest absolute Gasteiger partial charge is 0.411 e. The van der Waals surface area contributed by atoms with Crippen LogP contribution in [0.25, 0.3) is 11.1 Å². The Bertz CT molecular complexity index is 972. The molecule has 2 aromatic carbocycles. The molecule has 0 spiro atoms. The average Bonchev–Trinajstić information content (AvgIpc) is 2.69. The Labute approximate surface area is 190 Å². The SMILES string of the molecule is CCCCOC(=O)Nc1cccc(-c2cc(C)c3c(c2Cl)C(C)CC(C)(C)N3)c1OC. The molecule has 2 aromatic rings. The number of hydrogen-bond donors (Lipinski definition) is 2. The summed E-state index contributed by atoms with van der Waals surface area (Å²) in [5.74, 6) is 0.881. The first kappa shape index (κ1) is 23.3. The molecule has 0 bridgehead atoms. The molecular formula is C25H33ClN2O3. The second kappa shape index (κ2) is 9.39. The number of carbonyl (C=O) groups is 1. The molecule has 3 rings (SSSR count). The maximum Gasteiger partial charge on any atom is 0.411 e. The van der Waals surface area contributed by atoms with Crippen molar-refractivity contribution in [3.05, 3.63) is 40.4 Å². The number of nitrogens with one attached hydrogen (secondary N) is 2. The molecule has 0 saturated heterocycles. The van der Waals surface area contributed by atoms with Crippen molar-refractivity contribution in [1.82, 2.24) is 0 Å². The number of para-hydroxylation sites is 1. The molecule has 1 heterocycles. The Morgan fingerprint density at radius 3 is 2.74 bits per heavy atom. The largest absolute Gasteiger partial charge is 0.494 e. The van der Waals surface area contributed by atoms with E-state index in [1.165, 1.54) is 0 Å². The van der Waals surface area contributed by atoms with Crippen LogP contribution in [0.15, 0.2) is 24.3 Å². The summed E-state index contributed by atoms with van der Waals surface area (Å²) in [7, 11) is 1.60. The molecule has 2 N–H and O–H groups in total. The minimum Gasteiger partial charge on any atom is -0.494 e. The molecule has 31 heavy (non-hydrogen) atoms. The van der Waals surface area contributed by atoms with Gasteiger partial charge in [0.05, 0.1) is 24.4 Å². The second-order valence-corrected chi connectivity index (χ2v) is 9.34. The number of hydrogen-bond acceptors (Lipinski definition) is 4. The van der Waals surface area contributed by atoms with Gasteiger partial charge in [0.25, 0.3) is 0 Å². The summed E-state index contributed by atoms with van der Waals surface area (Å²) >= 11 is 6.99. The van der Waals surface area contributed by atoms with E-state index in [0.717, 1.165) is 52.2 Å². The predicted molar refractivity (Wildman–Crippen MR) is 129 cm³/mol. The van der Waals surface area contributed by atoms with Crippen LogP contribution >= 0.6 is 11.6 Å². The molecule has 6 heteroatoms. The number of anilines is 2. The maximum absolute atomic E-state index is 12.2. The van der Waals surface area contributed by atoms with E-state index in [1.54, 1.807) is 13.2 Å². The third kappa shape index (κ3) is 4.93. The van der Waals surface area contributed by atoms with E-state index >= 15 is 0 Å². The van der Waals surface area contributed by atoms with Gasteiger partial charge in [-0.05, 0) is 62.8 Å². The van der Waals surface area contributed by atoms with Gasteiger partial charge in [0.2, 0.25) is 0 Å². The van der Waals surface area contributed by atoms with E-state index in [1.807, 2.05) is 12.1 Å². The molecule has 0 saturated carbocycles. The van der Waals surface area contributed by atoms with Crippen LogP contribution in [-0.2, 0) is 4.74 Å². The zero-order chi connectivity index (χ0) is 22.8. The zero-order valence-electron chi connectivity index (χ0n) is 19.3. The maximum atomic E-state index is 12.2. The summed E-state index contributed by atoms with van der Waals surface area (Å²) < 4.78 is 11.0. The van der Waals surface area contributed by atoms with Crippen LogP contribution in [0.3, 0.4) is 0 Å². The first-order chi connectivity index (χ1) is 14.7. The van der Waals surface area contributed by atoms with Gasteiger partial charge in [-0.1, -0.05) is 44.0 Å². The molecule has 0 radical (unpaired) electrons. The third-order valence-corrected chi connectivity index (χ3v) is 6.15. The highest BCUT2D eigenvalue weighted by molar-refractivity contribution is 6.35. The summed E-state index contributed by atoms with van der Waals surface area (Å²) in [6.45, 7) is 11.2. The fourth-order valence-electron chi connectivity index (χ4n) is 4.42. The van der Waals surface area contributed by atoms with Crippen LogP contribution < -0.4 is 15.4 Å². The monoisotopic (exact) mass is 444 g/mol. The lowest BCUT2D eigenvalue weighted by Crippen LogP contribution is -2.37. The lowest BCUT2D eigenvalue weighted by Gasteiger charge is -2.39. The molecule has 168 valence electrons. The second-order valence-electron chi connectivity index (χ2n) is 8.96. The van der Waals surface area contributed by atoms with Crippen LogP contribution in [0.5, 0.6) is 5.75 Å². The Kier molecular flexibility index (Phi) is 7.05. The van der Waals surface area contributed by atoms with Crippen molar-refractivity contribution in [3.8, 4) is 16.9 Å². The van der Waals surface area contributed by atoms with Crippen LogP contribution in [0.2, 0.25) is 5.02 Å². The van der Waals surface area contributed by atoms with Gasteiger partial charge >= 0.3 is 6.09 Å². The molecule has 1 aliphatic heterocycles. The molecule has 0 fully saturated rings. The molecule has 1 aliphatic rings. The lowest BCUT2D eigenvalue weighted by atomic mass is 9.79. The summed E-state index contributed by atoms with van der Waals surface area (Å²) in [4.78, 5) is 12.2. The van der Waals surface area contributed by atoms with Crippen molar-refractivity contribution < 1.29 is 14.3 Å². The van der Waals surface area contributed by atoms with E-state index in [0.29, 0.717) is 24.0 Å². The van der Waals surface area contributed by atoms with Crippen molar-refractivity contribution in [2.24, 2.45) is 0 Å².